The van der Waals surface area contributed by atoms with E-state index in [0.29, 0.717) is 0 Å². The number of alkyl halides is 3. The Hall–Kier alpha value is -1.79. The maximum absolute atomic E-state index is 11.8. The van der Waals surface area contributed by atoms with Crippen LogP contribution in [0.4, 0.5) is 19.0 Å². The third kappa shape index (κ3) is 2.92. The molecule has 0 radical (unpaired) electrons. The Morgan fingerprint density at radius 3 is 2.64 bits per heavy atom. The van der Waals surface area contributed by atoms with Gasteiger partial charge in [-0.1, -0.05) is 6.07 Å². The van der Waals surface area contributed by atoms with Crippen molar-refractivity contribution < 1.29 is 13.2 Å². The lowest BCUT2D eigenvalue weighted by molar-refractivity contribution is -0.0599. The molecule has 0 bridgehead atoms. The lowest BCUT2D eigenvalue weighted by Gasteiger charge is -2.04. The molecule has 0 fully saturated rings. The summed E-state index contributed by atoms with van der Waals surface area (Å²) in [7, 11) is 0. The Morgan fingerprint density at radius 2 is 2.14 bits per heavy atom. The van der Waals surface area contributed by atoms with Crippen LogP contribution in [-0.4, -0.2) is 17.0 Å². The number of nitrogens with two attached hydrogens (primary N) is 1. The van der Waals surface area contributed by atoms with Crippen molar-refractivity contribution in [2.75, 3.05) is 5.43 Å². The molecular weight excluding hydrogens is 197 g/mol. The number of aromatic nitrogens is 1. The molecule has 0 amide bonds. The number of hydrogen-bond donors (Lipinski definition) is 2. The SMILES string of the molecule is N/C(=N\Nc1ccccn1)C(F)(F)F. The Kier molecular flexibility index (Phi) is 2.90. The van der Waals surface area contributed by atoms with Crippen LogP contribution in [0.25, 0.3) is 0 Å². The van der Waals surface area contributed by atoms with E-state index in [1.165, 1.54) is 12.3 Å². The topological polar surface area (TPSA) is 63.3 Å². The van der Waals surface area contributed by atoms with Crippen LogP contribution in [0.2, 0.25) is 0 Å². The van der Waals surface area contributed by atoms with Gasteiger partial charge in [0, 0.05) is 6.20 Å². The van der Waals surface area contributed by atoms with Gasteiger partial charge in [0.25, 0.3) is 0 Å². The van der Waals surface area contributed by atoms with E-state index in [1.807, 2.05) is 0 Å². The van der Waals surface area contributed by atoms with Gasteiger partial charge in [0.15, 0.2) is 0 Å². The minimum Gasteiger partial charge on any atom is -0.378 e. The van der Waals surface area contributed by atoms with Crippen molar-refractivity contribution in [3.8, 4) is 0 Å². The van der Waals surface area contributed by atoms with Gasteiger partial charge < -0.3 is 5.73 Å². The van der Waals surface area contributed by atoms with Crippen LogP contribution < -0.4 is 11.2 Å². The van der Waals surface area contributed by atoms with Gasteiger partial charge in [-0.25, -0.2) is 4.98 Å². The summed E-state index contributed by atoms with van der Waals surface area (Å²) >= 11 is 0. The molecule has 0 aliphatic heterocycles. The van der Waals surface area contributed by atoms with Crippen molar-refractivity contribution in [3.05, 3.63) is 24.4 Å². The van der Waals surface area contributed by atoms with Crippen molar-refractivity contribution >= 4 is 11.7 Å². The standard InChI is InChI=1S/C7H7F3N4/c8-7(9,10)6(11)14-13-5-3-1-2-4-12-5/h1-4H,(H2,11,14)(H,12,13). The van der Waals surface area contributed by atoms with Crippen molar-refractivity contribution in [3.63, 3.8) is 0 Å². The summed E-state index contributed by atoms with van der Waals surface area (Å²) in [5.41, 5.74) is 6.72. The highest BCUT2D eigenvalue weighted by Gasteiger charge is 2.33. The maximum atomic E-state index is 11.8. The Balaban J connectivity index is 2.65. The second-order valence-electron chi connectivity index (χ2n) is 2.32. The maximum Gasteiger partial charge on any atom is 0.450 e. The van der Waals surface area contributed by atoms with Gasteiger partial charge in [-0.05, 0) is 12.1 Å². The minimum atomic E-state index is -4.62. The molecule has 7 heteroatoms. The van der Waals surface area contributed by atoms with Crippen LogP contribution in [0.5, 0.6) is 0 Å². The second-order valence-corrected chi connectivity index (χ2v) is 2.32. The number of nitrogens with zero attached hydrogens (tertiary/aromatic N) is 2. The number of hydrogen-bond acceptors (Lipinski definition) is 3. The predicted molar refractivity (Wildman–Crippen MR) is 45.5 cm³/mol. The second kappa shape index (κ2) is 3.95. The quantitative estimate of drug-likeness (QED) is 0.434. The average molecular weight is 204 g/mol. The summed E-state index contributed by atoms with van der Waals surface area (Å²) in [6, 6.07) is 4.70. The molecule has 4 nitrogen and oxygen atoms in total. The highest BCUT2D eigenvalue weighted by atomic mass is 19.4. The number of anilines is 1. The van der Waals surface area contributed by atoms with Gasteiger partial charge in [-0.3, -0.25) is 5.43 Å². The van der Waals surface area contributed by atoms with Crippen molar-refractivity contribution in [2.24, 2.45) is 10.8 Å². The number of rotatable bonds is 2. The fourth-order valence-corrected chi connectivity index (χ4v) is 0.610. The molecule has 0 aliphatic rings. The van der Waals surface area contributed by atoms with Crippen molar-refractivity contribution in [1.29, 1.82) is 0 Å². The third-order valence-electron chi connectivity index (χ3n) is 1.25. The van der Waals surface area contributed by atoms with E-state index < -0.39 is 12.0 Å². The lowest BCUT2D eigenvalue weighted by atomic mass is 10.5. The van der Waals surface area contributed by atoms with Crippen LogP contribution in [0.3, 0.4) is 0 Å². The zero-order valence-corrected chi connectivity index (χ0v) is 6.92. The van der Waals surface area contributed by atoms with Crippen LogP contribution in [0.1, 0.15) is 0 Å². The molecule has 0 spiro atoms. The monoisotopic (exact) mass is 204 g/mol. The van der Waals surface area contributed by atoms with Gasteiger partial charge in [-0.2, -0.15) is 18.3 Å². The van der Waals surface area contributed by atoms with Gasteiger partial charge in [-0.15, -0.1) is 0 Å². The summed E-state index contributed by atoms with van der Waals surface area (Å²) < 4.78 is 35.5. The number of halogens is 3. The van der Waals surface area contributed by atoms with Crippen LogP contribution in [0, 0.1) is 0 Å². The van der Waals surface area contributed by atoms with Crippen LogP contribution >= 0.6 is 0 Å². The van der Waals surface area contributed by atoms with E-state index in [4.69, 9.17) is 0 Å². The number of nitrogens with one attached hydrogen (secondary N) is 1. The lowest BCUT2D eigenvalue weighted by Crippen LogP contribution is -2.32. The molecule has 14 heavy (non-hydrogen) atoms. The smallest absolute Gasteiger partial charge is 0.378 e. The molecule has 0 aliphatic carbocycles. The summed E-state index contributed by atoms with van der Waals surface area (Å²) in [6.07, 6.45) is -3.20. The molecular formula is C7H7F3N4. The van der Waals surface area contributed by atoms with Crippen LogP contribution in [-0.2, 0) is 0 Å². The highest BCUT2D eigenvalue weighted by molar-refractivity contribution is 5.86. The largest absolute Gasteiger partial charge is 0.450 e. The molecule has 0 atom stereocenters. The first kappa shape index (κ1) is 10.3. The number of amidine groups is 1. The zero-order chi connectivity index (χ0) is 10.6. The van der Waals surface area contributed by atoms with Crippen molar-refractivity contribution in [2.45, 2.75) is 6.18 Å². The molecule has 1 heterocycles. The van der Waals surface area contributed by atoms with E-state index in [0.717, 1.165) is 0 Å². The molecule has 0 unspecified atom stereocenters. The van der Waals surface area contributed by atoms with Gasteiger partial charge in [0.05, 0.1) is 0 Å². The zero-order valence-electron chi connectivity index (χ0n) is 6.92. The molecule has 0 aromatic carbocycles. The van der Waals surface area contributed by atoms with Gasteiger partial charge in [0.1, 0.15) is 5.82 Å². The molecule has 1 rings (SSSR count). The number of hydrazone groups is 1. The minimum absolute atomic E-state index is 0.194. The Morgan fingerprint density at radius 1 is 1.43 bits per heavy atom. The van der Waals surface area contributed by atoms with E-state index >= 15 is 0 Å². The Labute approximate surface area is 77.6 Å². The molecule has 0 saturated heterocycles. The predicted octanol–water partition coefficient (Wildman–Crippen LogP) is 1.33. The number of pyridine rings is 1. The summed E-state index contributed by atoms with van der Waals surface area (Å²) in [6.45, 7) is 0. The molecule has 1 aromatic rings. The summed E-state index contributed by atoms with van der Waals surface area (Å²) in [4.78, 5) is 3.69. The fraction of sp³-hybridized carbons (Fsp3) is 0.143. The normalized spacial score (nSPS) is 12.6. The van der Waals surface area contributed by atoms with E-state index in [1.54, 1.807) is 12.1 Å². The van der Waals surface area contributed by atoms with Crippen molar-refractivity contribution in [1.82, 2.24) is 4.98 Å². The summed E-state index contributed by atoms with van der Waals surface area (Å²) in [5.74, 6) is -1.25. The molecule has 0 saturated carbocycles. The molecule has 76 valence electrons. The van der Waals surface area contributed by atoms with Crippen LogP contribution in [0.15, 0.2) is 29.5 Å². The third-order valence-corrected chi connectivity index (χ3v) is 1.25. The highest BCUT2D eigenvalue weighted by Crippen LogP contribution is 2.14. The fourth-order valence-electron chi connectivity index (χ4n) is 0.610. The van der Waals surface area contributed by atoms with E-state index in [2.05, 4.69) is 21.2 Å². The first-order valence-electron chi connectivity index (χ1n) is 3.57. The molecule has 1 aromatic heterocycles. The van der Waals surface area contributed by atoms with E-state index in [9.17, 15) is 13.2 Å². The van der Waals surface area contributed by atoms with E-state index in [-0.39, 0.29) is 5.82 Å². The molecule has 3 N–H and O–H groups in total. The van der Waals surface area contributed by atoms with Gasteiger partial charge in [0.2, 0.25) is 5.84 Å². The first-order chi connectivity index (χ1) is 6.50. The Bertz CT molecular complexity index is 319. The first-order valence-corrected chi connectivity index (χ1v) is 3.57. The summed E-state index contributed by atoms with van der Waals surface area (Å²) in [5, 5.41) is 2.92. The van der Waals surface area contributed by atoms with Gasteiger partial charge >= 0.3 is 6.18 Å². The average Bonchev–Trinajstić information content (AvgIpc) is 2.14.